The summed E-state index contributed by atoms with van der Waals surface area (Å²) in [7, 11) is 0. The molecule has 0 aromatic heterocycles. The third-order valence-electron chi connectivity index (χ3n) is 5.19. The fourth-order valence-electron chi connectivity index (χ4n) is 4.18. The first kappa shape index (κ1) is 20.3. The maximum absolute atomic E-state index is 12.5. The number of hydrogen-bond acceptors (Lipinski definition) is 4. The zero-order chi connectivity index (χ0) is 20.8. The number of aryl methyl sites for hydroxylation is 1. The number of carbonyl (C=O) groups is 2. The molecule has 0 unspecified atom stereocenters. The van der Waals surface area contributed by atoms with Gasteiger partial charge in [-0.3, -0.25) is 14.5 Å². The molecule has 1 aromatic carbocycles. The Morgan fingerprint density at radius 2 is 1.93 bits per heavy atom. The Kier molecular flexibility index (Phi) is 5.20. The van der Waals surface area contributed by atoms with Gasteiger partial charge in [0.2, 0.25) is 0 Å². The number of nitrogens with zero attached hydrogens (tertiary/aromatic N) is 2. The highest BCUT2D eigenvalue weighted by Gasteiger charge is 2.35. The fourth-order valence-corrected chi connectivity index (χ4v) is 5.01. The topological polar surface area (TPSA) is 40.6 Å². The molecule has 28 heavy (non-hydrogen) atoms. The van der Waals surface area contributed by atoms with Crippen LogP contribution < -0.4 is 4.90 Å². The van der Waals surface area contributed by atoms with E-state index in [-0.39, 0.29) is 23.2 Å². The maximum Gasteiger partial charge on any atom is 0.294 e. The number of allylic oxidation sites excluding steroid dienone is 1. The van der Waals surface area contributed by atoms with Crippen molar-refractivity contribution >= 4 is 40.2 Å². The van der Waals surface area contributed by atoms with Crippen LogP contribution in [0.2, 0.25) is 0 Å². The summed E-state index contributed by atoms with van der Waals surface area (Å²) in [6.07, 6.45) is 9.37. The van der Waals surface area contributed by atoms with Crippen LogP contribution in [0.5, 0.6) is 0 Å². The van der Waals surface area contributed by atoms with E-state index < -0.39 is 0 Å². The van der Waals surface area contributed by atoms with Crippen LogP contribution in [0.1, 0.15) is 51.3 Å². The van der Waals surface area contributed by atoms with Gasteiger partial charge < -0.3 is 4.90 Å². The molecule has 0 N–H and O–H groups in total. The number of amides is 2. The van der Waals surface area contributed by atoms with E-state index in [4.69, 9.17) is 6.42 Å². The van der Waals surface area contributed by atoms with Crippen molar-refractivity contribution in [1.82, 2.24) is 4.90 Å². The van der Waals surface area contributed by atoms with E-state index >= 15 is 0 Å². The van der Waals surface area contributed by atoms with Gasteiger partial charge >= 0.3 is 0 Å². The summed E-state index contributed by atoms with van der Waals surface area (Å²) < 4.78 is 0. The Hall–Kier alpha value is -2.45. The lowest BCUT2D eigenvalue weighted by atomic mass is 9.86. The standard InChI is InChI=1S/C23H26N2O2S/c1-8-9-24-21(26)20(28-22(24)27)12-17-11-18-16(5)13-23(6,7)25(14(2)3)19(18)10-15(17)4/h1,10-14H,9H2,2-7H3/b20-12-. The molecule has 1 aromatic rings. The van der Waals surface area contributed by atoms with Gasteiger partial charge in [0.25, 0.3) is 11.1 Å². The molecule has 2 amide bonds. The number of hydrogen-bond donors (Lipinski definition) is 0. The second-order valence-corrected chi connectivity index (χ2v) is 9.14. The first-order chi connectivity index (χ1) is 13.1. The second kappa shape index (κ2) is 7.18. The summed E-state index contributed by atoms with van der Waals surface area (Å²) in [6, 6.07) is 4.66. The monoisotopic (exact) mass is 394 g/mol. The SMILES string of the molecule is C#CCN1C(=O)S/C(=C\c2cc3c(cc2C)N(C(C)C)C(C)(C)C=C3C)C1=O. The molecule has 2 heterocycles. The molecule has 0 radical (unpaired) electrons. The van der Waals surface area contributed by atoms with Crippen molar-refractivity contribution in [2.75, 3.05) is 11.4 Å². The van der Waals surface area contributed by atoms with E-state index in [0.717, 1.165) is 33.4 Å². The first-order valence-electron chi connectivity index (χ1n) is 9.39. The summed E-state index contributed by atoms with van der Waals surface area (Å²) in [4.78, 5) is 28.5. The van der Waals surface area contributed by atoms with Gasteiger partial charge in [-0.25, -0.2) is 0 Å². The third kappa shape index (κ3) is 3.38. The average molecular weight is 395 g/mol. The molecular formula is C23H26N2O2S. The van der Waals surface area contributed by atoms with E-state index in [1.54, 1.807) is 0 Å². The number of thioether (sulfide) groups is 1. The highest BCUT2D eigenvalue weighted by molar-refractivity contribution is 8.18. The quantitative estimate of drug-likeness (QED) is 0.530. The molecule has 0 aliphatic carbocycles. The number of terminal acetylenes is 1. The van der Waals surface area contributed by atoms with Crippen LogP contribution in [0.25, 0.3) is 11.6 Å². The first-order valence-corrected chi connectivity index (χ1v) is 10.2. The second-order valence-electron chi connectivity index (χ2n) is 8.14. The zero-order valence-corrected chi connectivity index (χ0v) is 18.1. The lowest BCUT2D eigenvalue weighted by Gasteiger charge is -2.46. The highest BCUT2D eigenvalue weighted by Crippen LogP contribution is 2.42. The van der Waals surface area contributed by atoms with Crippen molar-refractivity contribution in [1.29, 1.82) is 0 Å². The van der Waals surface area contributed by atoms with Gasteiger partial charge in [0.15, 0.2) is 0 Å². The molecule has 1 fully saturated rings. The van der Waals surface area contributed by atoms with Gasteiger partial charge in [-0.1, -0.05) is 12.0 Å². The molecule has 3 rings (SSSR count). The van der Waals surface area contributed by atoms with Crippen molar-refractivity contribution in [2.45, 2.75) is 53.1 Å². The number of fused-ring (bicyclic) bond motifs is 1. The number of imide groups is 1. The van der Waals surface area contributed by atoms with Crippen molar-refractivity contribution in [3.8, 4) is 12.3 Å². The Balaban J connectivity index is 2.08. The molecule has 0 saturated carbocycles. The Bertz CT molecular complexity index is 964. The summed E-state index contributed by atoms with van der Waals surface area (Å²) in [5, 5.41) is -0.311. The van der Waals surface area contributed by atoms with Gasteiger partial charge in [0.1, 0.15) is 0 Å². The number of rotatable bonds is 3. The fraction of sp³-hybridized carbons (Fsp3) is 0.391. The van der Waals surface area contributed by atoms with Gasteiger partial charge in [0.05, 0.1) is 17.0 Å². The van der Waals surface area contributed by atoms with Crippen LogP contribution in [0.15, 0.2) is 23.1 Å². The summed E-state index contributed by atoms with van der Waals surface area (Å²) >= 11 is 0.947. The van der Waals surface area contributed by atoms with Crippen LogP contribution in [0.4, 0.5) is 10.5 Å². The van der Waals surface area contributed by atoms with E-state index in [2.05, 4.69) is 63.6 Å². The predicted molar refractivity (Wildman–Crippen MR) is 118 cm³/mol. The van der Waals surface area contributed by atoms with E-state index in [0.29, 0.717) is 10.9 Å². The summed E-state index contributed by atoms with van der Waals surface area (Å²) in [6.45, 7) is 13.0. The van der Waals surface area contributed by atoms with Gasteiger partial charge in [-0.15, -0.1) is 6.42 Å². The van der Waals surface area contributed by atoms with Crippen molar-refractivity contribution in [3.05, 3.63) is 39.8 Å². The maximum atomic E-state index is 12.5. The molecule has 5 heteroatoms. The lowest BCUT2D eigenvalue weighted by Crippen LogP contribution is -2.49. The summed E-state index contributed by atoms with van der Waals surface area (Å²) in [5.41, 5.74) is 5.52. The van der Waals surface area contributed by atoms with Crippen molar-refractivity contribution < 1.29 is 9.59 Å². The Morgan fingerprint density at radius 3 is 2.54 bits per heavy atom. The molecule has 0 bridgehead atoms. The molecule has 4 nitrogen and oxygen atoms in total. The Morgan fingerprint density at radius 1 is 1.25 bits per heavy atom. The summed E-state index contributed by atoms with van der Waals surface area (Å²) in [5.74, 6) is 2.05. The van der Waals surface area contributed by atoms with Gasteiger partial charge in [0, 0.05) is 17.3 Å². The van der Waals surface area contributed by atoms with Crippen LogP contribution >= 0.6 is 11.8 Å². The van der Waals surface area contributed by atoms with Gasteiger partial charge in [-0.2, -0.15) is 0 Å². The molecule has 146 valence electrons. The normalized spacial score (nSPS) is 19.9. The van der Waals surface area contributed by atoms with Crippen LogP contribution in [0, 0.1) is 19.3 Å². The highest BCUT2D eigenvalue weighted by atomic mass is 32.2. The van der Waals surface area contributed by atoms with E-state index in [1.807, 2.05) is 13.0 Å². The minimum absolute atomic E-state index is 0.00541. The molecule has 2 aliphatic rings. The third-order valence-corrected chi connectivity index (χ3v) is 6.09. The Labute approximate surface area is 171 Å². The van der Waals surface area contributed by atoms with Crippen LogP contribution in [-0.2, 0) is 4.79 Å². The largest absolute Gasteiger partial charge is 0.360 e. The van der Waals surface area contributed by atoms with Crippen molar-refractivity contribution in [3.63, 3.8) is 0 Å². The molecule has 0 spiro atoms. The zero-order valence-electron chi connectivity index (χ0n) is 17.3. The molecule has 2 aliphatic heterocycles. The van der Waals surface area contributed by atoms with Crippen molar-refractivity contribution in [2.24, 2.45) is 0 Å². The number of carbonyl (C=O) groups excluding carboxylic acids is 2. The number of anilines is 1. The van der Waals surface area contributed by atoms with Crippen LogP contribution in [0.3, 0.4) is 0 Å². The van der Waals surface area contributed by atoms with E-state index in [1.165, 1.54) is 11.3 Å². The van der Waals surface area contributed by atoms with E-state index in [9.17, 15) is 9.59 Å². The smallest absolute Gasteiger partial charge is 0.294 e. The van der Waals surface area contributed by atoms with Gasteiger partial charge in [-0.05, 0) is 88.2 Å². The molecule has 0 atom stereocenters. The minimum atomic E-state index is -0.317. The number of benzene rings is 1. The molecular weight excluding hydrogens is 368 g/mol. The minimum Gasteiger partial charge on any atom is -0.360 e. The predicted octanol–water partition coefficient (Wildman–Crippen LogP) is 5.07. The lowest BCUT2D eigenvalue weighted by molar-refractivity contribution is -0.122. The average Bonchev–Trinajstić information content (AvgIpc) is 2.83. The molecule has 1 saturated heterocycles. The van der Waals surface area contributed by atoms with Crippen LogP contribution in [-0.4, -0.2) is 34.2 Å².